The lowest BCUT2D eigenvalue weighted by Crippen LogP contribution is -2.48. The molecule has 4 nitrogen and oxygen atoms in total. The molecule has 0 aromatic heterocycles. The Morgan fingerprint density at radius 3 is 2.80 bits per heavy atom. The van der Waals surface area contributed by atoms with Crippen LogP contribution in [-0.4, -0.2) is 38.9 Å². The molecule has 0 radical (unpaired) electrons. The average Bonchev–Trinajstić information content (AvgIpc) is 2.19. The molecule has 1 heterocycles. The minimum atomic E-state index is 0.114. The number of amides is 1. The van der Waals surface area contributed by atoms with E-state index in [-0.39, 0.29) is 11.3 Å². The third kappa shape index (κ3) is 4.62. The van der Waals surface area contributed by atoms with Crippen molar-refractivity contribution in [2.75, 3.05) is 33.0 Å². The number of hydrogen-bond acceptors (Lipinski definition) is 3. The monoisotopic (exact) mass is 215 g/mol. The van der Waals surface area contributed by atoms with Crippen LogP contribution in [0.3, 0.4) is 0 Å². The number of hydrogen-bond donors (Lipinski definition) is 1. The van der Waals surface area contributed by atoms with E-state index in [1.54, 1.807) is 0 Å². The van der Waals surface area contributed by atoms with Crippen LogP contribution in [0.5, 0.6) is 0 Å². The summed E-state index contributed by atoms with van der Waals surface area (Å²) in [5.41, 5.74) is 0.162. The van der Waals surface area contributed by atoms with Gasteiger partial charge in [0.25, 0.3) is 0 Å². The van der Waals surface area contributed by atoms with Crippen molar-refractivity contribution < 1.29 is 14.3 Å². The minimum absolute atomic E-state index is 0.114. The zero-order valence-corrected chi connectivity index (χ0v) is 9.67. The zero-order chi connectivity index (χ0) is 11.1. The van der Waals surface area contributed by atoms with Gasteiger partial charge in [0.15, 0.2) is 0 Å². The van der Waals surface area contributed by atoms with Crippen LogP contribution in [-0.2, 0) is 14.3 Å². The predicted octanol–water partition coefficient (Wildman–Crippen LogP) is 0.956. The van der Waals surface area contributed by atoms with Gasteiger partial charge in [-0.05, 0) is 13.3 Å². The average molecular weight is 215 g/mol. The van der Waals surface area contributed by atoms with Gasteiger partial charge in [-0.1, -0.05) is 6.92 Å². The molecule has 0 bridgehead atoms. The van der Waals surface area contributed by atoms with Crippen molar-refractivity contribution in [3.05, 3.63) is 0 Å². The van der Waals surface area contributed by atoms with Gasteiger partial charge < -0.3 is 14.8 Å². The highest BCUT2D eigenvalue weighted by molar-refractivity contribution is 5.75. The Labute approximate surface area is 91.3 Å². The molecule has 1 fully saturated rings. The molecule has 0 spiro atoms. The number of carbonyl (C=O) groups is 1. The quantitative estimate of drug-likeness (QED) is 0.643. The van der Waals surface area contributed by atoms with Gasteiger partial charge in [-0.2, -0.15) is 0 Å². The van der Waals surface area contributed by atoms with Crippen LogP contribution >= 0.6 is 0 Å². The van der Waals surface area contributed by atoms with Crippen molar-refractivity contribution in [1.82, 2.24) is 5.32 Å². The number of nitrogens with one attached hydrogen (secondary N) is 1. The highest BCUT2D eigenvalue weighted by Crippen LogP contribution is 2.24. The summed E-state index contributed by atoms with van der Waals surface area (Å²) in [6, 6.07) is 0. The Hall–Kier alpha value is -0.610. The first-order chi connectivity index (χ1) is 7.16. The molecule has 0 unspecified atom stereocenters. The molecule has 0 aromatic carbocycles. The molecule has 1 saturated heterocycles. The minimum Gasteiger partial charge on any atom is -0.382 e. The second-order valence-electron chi connectivity index (χ2n) is 4.38. The summed E-state index contributed by atoms with van der Waals surface area (Å²) in [7, 11) is 0. The van der Waals surface area contributed by atoms with Crippen LogP contribution in [0, 0.1) is 5.41 Å². The van der Waals surface area contributed by atoms with Crippen LogP contribution in [0.15, 0.2) is 0 Å². The molecule has 1 aliphatic rings. The molecule has 1 amide bonds. The van der Waals surface area contributed by atoms with E-state index in [0.29, 0.717) is 13.0 Å². The van der Waals surface area contributed by atoms with Crippen molar-refractivity contribution in [2.45, 2.75) is 26.7 Å². The Kier molecular flexibility index (Phi) is 5.05. The highest BCUT2D eigenvalue weighted by atomic mass is 16.5. The molecule has 0 aliphatic carbocycles. The van der Waals surface area contributed by atoms with Gasteiger partial charge >= 0.3 is 0 Å². The maximum absolute atomic E-state index is 11.4. The van der Waals surface area contributed by atoms with Crippen molar-refractivity contribution in [1.29, 1.82) is 0 Å². The van der Waals surface area contributed by atoms with Gasteiger partial charge in [0, 0.05) is 31.6 Å². The highest BCUT2D eigenvalue weighted by Gasteiger charge is 2.33. The predicted molar refractivity (Wildman–Crippen MR) is 57.7 cm³/mol. The molecule has 0 atom stereocenters. The largest absolute Gasteiger partial charge is 0.382 e. The maximum atomic E-state index is 11.4. The lowest BCUT2D eigenvalue weighted by atomic mass is 9.89. The molecule has 1 rings (SSSR count). The molecule has 0 saturated carbocycles. The summed E-state index contributed by atoms with van der Waals surface area (Å²) in [5.74, 6) is 0.114. The van der Waals surface area contributed by atoms with Gasteiger partial charge in [-0.15, -0.1) is 0 Å². The lowest BCUT2D eigenvalue weighted by molar-refractivity contribution is -0.127. The Balaban J connectivity index is 1.98. The van der Waals surface area contributed by atoms with Gasteiger partial charge in [0.05, 0.1) is 13.2 Å². The van der Waals surface area contributed by atoms with Crippen molar-refractivity contribution >= 4 is 5.91 Å². The number of rotatable bonds is 7. The first-order valence-electron chi connectivity index (χ1n) is 5.58. The van der Waals surface area contributed by atoms with Crippen molar-refractivity contribution in [3.63, 3.8) is 0 Å². The molecule has 4 heteroatoms. The van der Waals surface area contributed by atoms with Gasteiger partial charge in [0.2, 0.25) is 5.91 Å². The second kappa shape index (κ2) is 6.08. The number of carbonyl (C=O) groups excluding carboxylic acids is 1. The maximum Gasteiger partial charge on any atom is 0.220 e. The van der Waals surface area contributed by atoms with E-state index in [1.165, 1.54) is 0 Å². The van der Waals surface area contributed by atoms with Crippen LogP contribution in [0.4, 0.5) is 0 Å². The number of ether oxygens (including phenoxy) is 2. The fourth-order valence-electron chi connectivity index (χ4n) is 1.43. The molecule has 88 valence electrons. The molecular formula is C11H21NO3. The summed E-state index contributed by atoms with van der Waals surface area (Å²) < 4.78 is 10.3. The van der Waals surface area contributed by atoms with Gasteiger partial charge in [-0.3, -0.25) is 4.79 Å². The first-order valence-corrected chi connectivity index (χ1v) is 5.58. The summed E-state index contributed by atoms with van der Waals surface area (Å²) in [6.07, 6.45) is 1.35. The Morgan fingerprint density at radius 1 is 1.53 bits per heavy atom. The van der Waals surface area contributed by atoms with Crippen LogP contribution in [0.2, 0.25) is 0 Å². The van der Waals surface area contributed by atoms with Gasteiger partial charge in [0.1, 0.15) is 0 Å². The zero-order valence-electron chi connectivity index (χ0n) is 9.67. The van der Waals surface area contributed by atoms with E-state index < -0.39 is 0 Å². The van der Waals surface area contributed by atoms with E-state index >= 15 is 0 Å². The summed E-state index contributed by atoms with van der Waals surface area (Å²) in [6.45, 7) is 7.70. The molecule has 1 N–H and O–H groups in total. The van der Waals surface area contributed by atoms with Crippen LogP contribution in [0.1, 0.15) is 26.7 Å². The molecular weight excluding hydrogens is 194 g/mol. The normalized spacial score (nSPS) is 18.3. The standard InChI is InChI=1S/C11H21NO3/c1-3-14-6-4-5-10(13)12-7-11(2)8-15-9-11/h3-9H2,1-2H3,(H,12,13). The van der Waals surface area contributed by atoms with E-state index in [9.17, 15) is 4.79 Å². The third-order valence-corrected chi connectivity index (χ3v) is 2.51. The van der Waals surface area contributed by atoms with Crippen LogP contribution in [0.25, 0.3) is 0 Å². The Bertz CT molecular complexity index is 202. The van der Waals surface area contributed by atoms with Crippen molar-refractivity contribution in [2.24, 2.45) is 5.41 Å². The fourth-order valence-corrected chi connectivity index (χ4v) is 1.43. The second-order valence-corrected chi connectivity index (χ2v) is 4.38. The van der Waals surface area contributed by atoms with Gasteiger partial charge in [-0.25, -0.2) is 0 Å². The summed E-state index contributed by atoms with van der Waals surface area (Å²) in [4.78, 5) is 11.4. The summed E-state index contributed by atoms with van der Waals surface area (Å²) in [5, 5.41) is 2.93. The summed E-state index contributed by atoms with van der Waals surface area (Å²) >= 11 is 0. The van der Waals surface area contributed by atoms with E-state index in [4.69, 9.17) is 9.47 Å². The lowest BCUT2D eigenvalue weighted by Gasteiger charge is -2.38. The SMILES string of the molecule is CCOCCCC(=O)NCC1(C)COC1. The Morgan fingerprint density at radius 2 is 2.27 bits per heavy atom. The third-order valence-electron chi connectivity index (χ3n) is 2.51. The topological polar surface area (TPSA) is 47.6 Å². The molecule has 15 heavy (non-hydrogen) atoms. The van der Waals surface area contributed by atoms with E-state index in [2.05, 4.69) is 12.2 Å². The van der Waals surface area contributed by atoms with E-state index in [1.807, 2.05) is 6.92 Å². The smallest absolute Gasteiger partial charge is 0.220 e. The molecule has 0 aromatic rings. The van der Waals surface area contributed by atoms with E-state index in [0.717, 1.165) is 32.8 Å². The first kappa shape index (κ1) is 12.5. The van der Waals surface area contributed by atoms with Crippen molar-refractivity contribution in [3.8, 4) is 0 Å². The van der Waals surface area contributed by atoms with Crippen LogP contribution < -0.4 is 5.32 Å². The fraction of sp³-hybridized carbons (Fsp3) is 0.909. The molecule has 1 aliphatic heterocycles.